The number of halogens is 1. The predicted octanol–water partition coefficient (Wildman–Crippen LogP) is 5.57. The van der Waals surface area contributed by atoms with E-state index in [1.807, 2.05) is 30.3 Å². The molecule has 26 heavy (non-hydrogen) atoms. The molecule has 4 nitrogen and oxygen atoms in total. The van der Waals surface area contributed by atoms with Crippen LogP contribution in [0.25, 0.3) is 22.0 Å². The fraction of sp³-hybridized carbons (Fsp3) is 0.238. The van der Waals surface area contributed by atoms with E-state index in [2.05, 4.69) is 4.98 Å². The van der Waals surface area contributed by atoms with Gasteiger partial charge in [-0.1, -0.05) is 41.9 Å². The highest BCUT2D eigenvalue weighted by Gasteiger charge is 2.26. The van der Waals surface area contributed by atoms with Crippen molar-refractivity contribution in [2.75, 3.05) is 0 Å². The SMILES string of the molecule is O=C(O)c1c(OC2CCCC2)nc2ccc(Cl)cc2c1-c1ccccc1. The average molecular weight is 368 g/mol. The fourth-order valence-corrected chi connectivity index (χ4v) is 3.74. The van der Waals surface area contributed by atoms with Gasteiger partial charge in [0.25, 0.3) is 0 Å². The summed E-state index contributed by atoms with van der Waals surface area (Å²) in [6.45, 7) is 0. The summed E-state index contributed by atoms with van der Waals surface area (Å²) >= 11 is 6.18. The lowest BCUT2D eigenvalue weighted by Crippen LogP contribution is -2.16. The number of hydrogen-bond donors (Lipinski definition) is 1. The minimum Gasteiger partial charge on any atom is -0.477 e. The van der Waals surface area contributed by atoms with Crippen molar-refractivity contribution >= 4 is 28.5 Å². The quantitative estimate of drug-likeness (QED) is 0.654. The predicted molar refractivity (Wildman–Crippen MR) is 102 cm³/mol. The smallest absolute Gasteiger partial charge is 0.341 e. The summed E-state index contributed by atoms with van der Waals surface area (Å²) < 4.78 is 6.04. The molecule has 1 fully saturated rings. The average Bonchev–Trinajstić information content (AvgIpc) is 3.14. The third-order valence-corrected chi connectivity index (χ3v) is 5.01. The number of hydrogen-bond acceptors (Lipinski definition) is 3. The molecule has 1 aromatic heterocycles. The first-order chi connectivity index (χ1) is 12.6. The molecule has 0 radical (unpaired) electrons. The summed E-state index contributed by atoms with van der Waals surface area (Å²) in [5, 5.41) is 11.2. The largest absolute Gasteiger partial charge is 0.477 e. The number of aromatic nitrogens is 1. The summed E-state index contributed by atoms with van der Waals surface area (Å²) in [4.78, 5) is 16.7. The third kappa shape index (κ3) is 3.13. The van der Waals surface area contributed by atoms with Gasteiger partial charge in [-0.25, -0.2) is 9.78 Å². The topological polar surface area (TPSA) is 59.4 Å². The van der Waals surface area contributed by atoms with Gasteiger partial charge in [0.1, 0.15) is 11.7 Å². The Labute approximate surface area is 156 Å². The molecule has 3 aromatic rings. The highest BCUT2D eigenvalue weighted by Crippen LogP contribution is 2.38. The van der Waals surface area contributed by atoms with Gasteiger partial charge in [-0.15, -0.1) is 0 Å². The fourth-order valence-electron chi connectivity index (χ4n) is 3.57. The second kappa shape index (κ2) is 6.96. The molecule has 0 unspecified atom stereocenters. The highest BCUT2D eigenvalue weighted by molar-refractivity contribution is 6.31. The highest BCUT2D eigenvalue weighted by atomic mass is 35.5. The van der Waals surface area contributed by atoms with Crippen LogP contribution in [0.5, 0.6) is 5.88 Å². The van der Waals surface area contributed by atoms with E-state index in [1.54, 1.807) is 18.2 Å². The van der Waals surface area contributed by atoms with Crippen LogP contribution in [-0.2, 0) is 0 Å². The van der Waals surface area contributed by atoms with Crippen molar-refractivity contribution in [1.29, 1.82) is 0 Å². The molecule has 0 amide bonds. The van der Waals surface area contributed by atoms with E-state index in [0.717, 1.165) is 31.2 Å². The van der Waals surface area contributed by atoms with E-state index in [0.29, 0.717) is 21.5 Å². The van der Waals surface area contributed by atoms with Gasteiger partial charge in [0.05, 0.1) is 5.52 Å². The van der Waals surface area contributed by atoms with Crippen LogP contribution < -0.4 is 4.74 Å². The Morgan fingerprint density at radius 1 is 1.12 bits per heavy atom. The van der Waals surface area contributed by atoms with Gasteiger partial charge in [0, 0.05) is 16.0 Å². The second-order valence-corrected chi connectivity index (χ2v) is 6.96. The van der Waals surface area contributed by atoms with Gasteiger partial charge in [0.15, 0.2) is 0 Å². The maximum Gasteiger partial charge on any atom is 0.341 e. The van der Waals surface area contributed by atoms with Gasteiger partial charge >= 0.3 is 5.97 Å². The molecule has 0 spiro atoms. The van der Waals surface area contributed by atoms with Crippen LogP contribution in [-0.4, -0.2) is 22.2 Å². The number of aromatic carboxylic acids is 1. The molecule has 1 aliphatic rings. The summed E-state index contributed by atoms with van der Waals surface area (Å²) in [7, 11) is 0. The maximum atomic E-state index is 12.2. The summed E-state index contributed by atoms with van der Waals surface area (Å²) in [5.41, 5.74) is 2.17. The van der Waals surface area contributed by atoms with E-state index >= 15 is 0 Å². The van der Waals surface area contributed by atoms with E-state index < -0.39 is 5.97 Å². The van der Waals surface area contributed by atoms with Gasteiger partial charge in [-0.05, 0) is 49.4 Å². The number of rotatable bonds is 4. The third-order valence-electron chi connectivity index (χ3n) is 4.77. The lowest BCUT2D eigenvalue weighted by molar-refractivity contribution is 0.0689. The molecule has 0 saturated heterocycles. The van der Waals surface area contributed by atoms with Crippen LogP contribution in [0.15, 0.2) is 48.5 Å². The molecular weight excluding hydrogens is 350 g/mol. The Morgan fingerprint density at radius 3 is 2.54 bits per heavy atom. The molecule has 0 atom stereocenters. The first-order valence-electron chi connectivity index (χ1n) is 8.72. The minimum absolute atomic E-state index is 0.0222. The van der Waals surface area contributed by atoms with Crippen LogP contribution in [0.4, 0.5) is 0 Å². The van der Waals surface area contributed by atoms with Crippen molar-refractivity contribution in [3.05, 3.63) is 59.1 Å². The Hall–Kier alpha value is -2.59. The Morgan fingerprint density at radius 2 is 1.85 bits per heavy atom. The molecule has 1 saturated carbocycles. The number of benzene rings is 2. The molecule has 1 heterocycles. The van der Waals surface area contributed by atoms with Crippen LogP contribution in [0, 0.1) is 0 Å². The van der Waals surface area contributed by atoms with Gasteiger partial charge < -0.3 is 9.84 Å². The maximum absolute atomic E-state index is 12.2. The monoisotopic (exact) mass is 367 g/mol. The van der Waals surface area contributed by atoms with Crippen LogP contribution in [0.1, 0.15) is 36.0 Å². The Kier molecular flexibility index (Phi) is 4.51. The van der Waals surface area contributed by atoms with Crippen molar-refractivity contribution in [2.45, 2.75) is 31.8 Å². The second-order valence-electron chi connectivity index (χ2n) is 6.52. The molecular formula is C21H18ClNO3. The van der Waals surface area contributed by atoms with Crippen molar-refractivity contribution in [2.24, 2.45) is 0 Å². The number of carbonyl (C=O) groups is 1. The Bertz CT molecular complexity index is 966. The molecule has 1 aliphatic carbocycles. The zero-order valence-electron chi connectivity index (χ0n) is 14.1. The first-order valence-corrected chi connectivity index (χ1v) is 9.10. The Balaban J connectivity index is 2.01. The molecule has 0 aliphatic heterocycles. The molecule has 132 valence electrons. The lowest BCUT2D eigenvalue weighted by Gasteiger charge is -2.18. The zero-order chi connectivity index (χ0) is 18.1. The van der Waals surface area contributed by atoms with Crippen molar-refractivity contribution in [3.8, 4) is 17.0 Å². The van der Waals surface area contributed by atoms with Gasteiger partial charge in [0.2, 0.25) is 5.88 Å². The van der Waals surface area contributed by atoms with Crippen molar-refractivity contribution in [1.82, 2.24) is 4.98 Å². The van der Waals surface area contributed by atoms with Gasteiger partial charge in [-0.2, -0.15) is 0 Å². The molecule has 1 N–H and O–H groups in total. The first kappa shape index (κ1) is 16.9. The standard InChI is InChI=1S/C21H18ClNO3/c22-14-10-11-17-16(12-14)18(13-6-2-1-3-7-13)19(21(24)25)20(23-17)26-15-8-4-5-9-15/h1-3,6-7,10-12,15H,4-5,8-9H2,(H,24,25). The van der Waals surface area contributed by atoms with E-state index in [9.17, 15) is 9.90 Å². The number of carboxylic acid groups (broad SMARTS) is 1. The van der Waals surface area contributed by atoms with Crippen LogP contribution >= 0.6 is 11.6 Å². The van der Waals surface area contributed by atoms with Gasteiger partial charge in [-0.3, -0.25) is 0 Å². The number of carboxylic acids is 1. The summed E-state index contributed by atoms with van der Waals surface area (Å²) in [5.74, 6) is -0.857. The normalized spacial score (nSPS) is 14.7. The zero-order valence-corrected chi connectivity index (χ0v) is 14.9. The summed E-state index contributed by atoms with van der Waals surface area (Å²) in [6, 6.07) is 14.8. The minimum atomic E-state index is -1.05. The summed E-state index contributed by atoms with van der Waals surface area (Å²) in [6.07, 6.45) is 4.08. The molecule has 4 rings (SSSR count). The van der Waals surface area contributed by atoms with Crippen LogP contribution in [0.2, 0.25) is 5.02 Å². The van der Waals surface area contributed by atoms with E-state index in [4.69, 9.17) is 16.3 Å². The van der Waals surface area contributed by atoms with E-state index in [1.165, 1.54) is 0 Å². The number of ether oxygens (including phenoxy) is 1. The van der Waals surface area contributed by atoms with Crippen molar-refractivity contribution < 1.29 is 14.6 Å². The van der Waals surface area contributed by atoms with E-state index in [-0.39, 0.29) is 17.5 Å². The number of fused-ring (bicyclic) bond motifs is 1. The number of nitrogens with zero attached hydrogens (tertiary/aromatic N) is 1. The van der Waals surface area contributed by atoms with Crippen LogP contribution in [0.3, 0.4) is 0 Å². The molecule has 2 aromatic carbocycles. The molecule has 5 heteroatoms. The van der Waals surface area contributed by atoms with Crippen molar-refractivity contribution in [3.63, 3.8) is 0 Å². The molecule has 0 bridgehead atoms. The number of pyridine rings is 1. The lowest BCUT2D eigenvalue weighted by atomic mass is 9.96.